The number of anilines is 1. The summed E-state index contributed by atoms with van der Waals surface area (Å²) in [5.74, 6) is -0.794. The quantitative estimate of drug-likeness (QED) is 0.372. The van der Waals surface area contributed by atoms with E-state index in [4.69, 9.17) is 4.74 Å². The number of benzene rings is 1. The molecule has 9 heteroatoms. The van der Waals surface area contributed by atoms with E-state index in [1.165, 1.54) is 0 Å². The van der Waals surface area contributed by atoms with E-state index >= 15 is 0 Å². The van der Waals surface area contributed by atoms with Crippen molar-refractivity contribution in [2.24, 2.45) is 17.8 Å². The van der Waals surface area contributed by atoms with Gasteiger partial charge < -0.3 is 24.5 Å². The highest BCUT2D eigenvalue weighted by Crippen LogP contribution is 2.69. The summed E-state index contributed by atoms with van der Waals surface area (Å²) in [5, 5.41) is 9.60. The van der Waals surface area contributed by atoms with E-state index < -0.39 is 28.2 Å². The molecule has 0 aliphatic carbocycles. The maximum Gasteiger partial charge on any atom is 0.247 e. The van der Waals surface area contributed by atoms with Crippen LogP contribution in [0.15, 0.2) is 49.6 Å². The van der Waals surface area contributed by atoms with Gasteiger partial charge in [-0.2, -0.15) is 0 Å². The lowest BCUT2D eigenvalue weighted by Crippen LogP contribution is -2.60. The molecule has 2 bridgehead atoms. The molecular weight excluding hydrogens is 538 g/mol. The van der Waals surface area contributed by atoms with Crippen LogP contribution in [0.25, 0.3) is 0 Å². The lowest BCUT2D eigenvalue weighted by atomic mass is 9.65. The Balaban J connectivity index is 1.77. The third-order valence-corrected chi connectivity index (χ3v) is 10.8. The van der Waals surface area contributed by atoms with Gasteiger partial charge in [-0.25, -0.2) is 0 Å². The average molecular weight is 584 g/mol. The van der Waals surface area contributed by atoms with Crippen LogP contribution in [0.2, 0.25) is 0 Å². The minimum absolute atomic E-state index is 0.0625. The number of aliphatic hydroxyl groups excluding tert-OH is 1. The van der Waals surface area contributed by atoms with Gasteiger partial charge in [-0.15, -0.1) is 24.9 Å². The summed E-state index contributed by atoms with van der Waals surface area (Å²) < 4.78 is 4.86. The number of carbonyl (C=O) groups excluding carboxylic acids is 3. The third-order valence-electron chi connectivity index (χ3n) is 8.75. The fraction of sp³-hybridized carbons (Fsp3) is 0.594. The van der Waals surface area contributed by atoms with Gasteiger partial charge in [-0.1, -0.05) is 19.1 Å². The highest BCUT2D eigenvalue weighted by molar-refractivity contribution is 8.02. The molecule has 6 atom stereocenters. The molecular formula is C32H45N3O5S. The lowest BCUT2D eigenvalue weighted by Gasteiger charge is -2.44. The molecule has 3 saturated heterocycles. The van der Waals surface area contributed by atoms with E-state index in [-0.39, 0.29) is 42.0 Å². The summed E-state index contributed by atoms with van der Waals surface area (Å²) >= 11 is 1.67. The summed E-state index contributed by atoms with van der Waals surface area (Å²) in [5.41, 5.74) is 0.230. The minimum atomic E-state index is -0.724. The number of nitrogens with zero attached hydrogens (tertiary/aromatic N) is 3. The number of aliphatic hydroxyl groups is 1. The third kappa shape index (κ3) is 5.31. The van der Waals surface area contributed by atoms with E-state index in [1.54, 1.807) is 38.6 Å². The number of thioether (sulfide) groups is 1. The molecule has 4 rings (SSSR count). The van der Waals surface area contributed by atoms with E-state index in [0.29, 0.717) is 31.8 Å². The SMILES string of the molecule is C=CCN(C(=O)[C@@H]1[C@@H]2CC(C)C3(S2)C(C(=O)N(CC=C)C(C)(C)C)N(CCCO)C(=O)[C@H]13)c1ccc(OCC)cc1. The molecule has 3 heterocycles. The first-order valence-corrected chi connectivity index (χ1v) is 15.5. The van der Waals surface area contributed by atoms with Crippen LogP contribution in [0.4, 0.5) is 5.69 Å². The van der Waals surface area contributed by atoms with Crippen LogP contribution in [0.1, 0.15) is 47.5 Å². The summed E-state index contributed by atoms with van der Waals surface area (Å²) in [6, 6.07) is 6.68. The van der Waals surface area contributed by atoms with Crippen molar-refractivity contribution in [1.29, 1.82) is 0 Å². The molecule has 3 fully saturated rings. The van der Waals surface area contributed by atoms with Crippen molar-refractivity contribution in [3.05, 3.63) is 49.6 Å². The van der Waals surface area contributed by atoms with Gasteiger partial charge in [0.15, 0.2) is 0 Å². The first-order valence-electron chi connectivity index (χ1n) is 14.6. The zero-order valence-electron chi connectivity index (χ0n) is 25.0. The number of ether oxygens (including phenoxy) is 1. The molecule has 0 aromatic heterocycles. The first kappa shape index (κ1) is 31.2. The van der Waals surface area contributed by atoms with Crippen molar-refractivity contribution in [1.82, 2.24) is 9.80 Å². The standard InChI is InChI=1S/C32H45N3O5S/c1-8-16-33(22-12-14-23(15-13-22)40-10-3)28(37)25-24-20-21(4)32(41-24)26(25)29(38)34(18-11-19-36)27(32)30(39)35(17-9-2)31(5,6)7/h8-9,12-15,21,24-27,36H,1-2,10-11,16-20H2,3-7H3/t21?,24-,25+,26-,27?,32?/m0/s1. The number of hydrogen-bond acceptors (Lipinski definition) is 6. The zero-order chi connectivity index (χ0) is 30.1. The van der Waals surface area contributed by atoms with Crippen LogP contribution >= 0.6 is 11.8 Å². The van der Waals surface area contributed by atoms with Gasteiger partial charge in [0.05, 0.1) is 23.2 Å². The van der Waals surface area contributed by atoms with E-state index in [0.717, 1.165) is 12.2 Å². The number of fused-ring (bicyclic) bond motifs is 1. The predicted octanol–water partition coefficient (Wildman–Crippen LogP) is 4.14. The first-order chi connectivity index (χ1) is 19.5. The number of amides is 3. The van der Waals surface area contributed by atoms with Crippen molar-refractivity contribution in [3.63, 3.8) is 0 Å². The molecule has 1 spiro atoms. The van der Waals surface area contributed by atoms with Crippen LogP contribution in [-0.4, -0.2) is 87.1 Å². The number of likely N-dealkylation sites (tertiary alicyclic amines) is 1. The van der Waals surface area contributed by atoms with Gasteiger partial charge in [-0.05, 0) is 70.7 Å². The van der Waals surface area contributed by atoms with Crippen molar-refractivity contribution in [2.45, 2.75) is 69.0 Å². The Labute approximate surface area is 248 Å². The van der Waals surface area contributed by atoms with Crippen molar-refractivity contribution < 1.29 is 24.2 Å². The van der Waals surface area contributed by atoms with Gasteiger partial charge in [0.2, 0.25) is 17.7 Å². The van der Waals surface area contributed by atoms with Crippen molar-refractivity contribution >= 4 is 35.2 Å². The van der Waals surface area contributed by atoms with E-state index in [2.05, 4.69) is 20.1 Å². The Morgan fingerprint density at radius 2 is 1.83 bits per heavy atom. The Morgan fingerprint density at radius 1 is 1.17 bits per heavy atom. The smallest absolute Gasteiger partial charge is 0.247 e. The number of rotatable bonds is 12. The summed E-state index contributed by atoms with van der Waals surface area (Å²) in [6.45, 7) is 19.1. The molecule has 1 aromatic carbocycles. The normalized spacial score (nSPS) is 28.4. The van der Waals surface area contributed by atoms with Gasteiger partial charge in [0.1, 0.15) is 11.8 Å². The van der Waals surface area contributed by atoms with Gasteiger partial charge in [0.25, 0.3) is 0 Å². The largest absolute Gasteiger partial charge is 0.494 e. The second-order valence-electron chi connectivity index (χ2n) is 12.2. The van der Waals surface area contributed by atoms with Crippen LogP contribution in [0.3, 0.4) is 0 Å². The topological polar surface area (TPSA) is 90.4 Å². The van der Waals surface area contributed by atoms with Gasteiger partial charge in [-0.3, -0.25) is 14.4 Å². The van der Waals surface area contributed by atoms with E-state index in [9.17, 15) is 19.5 Å². The zero-order valence-corrected chi connectivity index (χ0v) is 25.9. The Kier molecular flexibility index (Phi) is 9.29. The lowest BCUT2D eigenvalue weighted by molar-refractivity contribution is -0.145. The molecule has 3 amide bonds. The predicted molar refractivity (Wildman–Crippen MR) is 164 cm³/mol. The number of carbonyl (C=O) groups is 3. The molecule has 41 heavy (non-hydrogen) atoms. The molecule has 8 nitrogen and oxygen atoms in total. The maximum atomic E-state index is 14.5. The van der Waals surface area contributed by atoms with Crippen LogP contribution < -0.4 is 9.64 Å². The fourth-order valence-corrected chi connectivity index (χ4v) is 9.46. The Hall–Kier alpha value is -2.78. The second kappa shape index (κ2) is 12.2. The van der Waals surface area contributed by atoms with E-state index in [1.807, 2.05) is 52.0 Å². The van der Waals surface area contributed by atoms with Gasteiger partial charge >= 0.3 is 0 Å². The van der Waals surface area contributed by atoms with Crippen molar-refractivity contribution in [3.8, 4) is 5.75 Å². The highest BCUT2D eigenvalue weighted by Gasteiger charge is 2.76. The highest BCUT2D eigenvalue weighted by atomic mass is 32.2. The Bertz CT molecular complexity index is 1160. The second-order valence-corrected chi connectivity index (χ2v) is 13.8. The van der Waals surface area contributed by atoms with Crippen molar-refractivity contribution in [2.75, 3.05) is 37.7 Å². The molecule has 1 N–H and O–H groups in total. The molecule has 0 saturated carbocycles. The maximum absolute atomic E-state index is 14.5. The summed E-state index contributed by atoms with van der Waals surface area (Å²) in [4.78, 5) is 48.4. The van der Waals surface area contributed by atoms with Gasteiger partial charge in [0, 0.05) is 42.7 Å². The van der Waals surface area contributed by atoms with Crippen LogP contribution in [-0.2, 0) is 14.4 Å². The molecule has 3 aliphatic rings. The average Bonchev–Trinajstić information content (AvgIpc) is 3.52. The molecule has 1 aromatic rings. The van der Waals surface area contributed by atoms with Crippen LogP contribution in [0.5, 0.6) is 5.75 Å². The molecule has 224 valence electrons. The summed E-state index contributed by atoms with van der Waals surface area (Å²) in [6.07, 6.45) is 4.53. The minimum Gasteiger partial charge on any atom is -0.494 e. The monoisotopic (exact) mass is 583 g/mol. The molecule has 3 aliphatic heterocycles. The Morgan fingerprint density at radius 3 is 2.39 bits per heavy atom. The fourth-order valence-electron chi connectivity index (χ4n) is 7.05. The number of hydrogen-bond donors (Lipinski definition) is 1. The summed E-state index contributed by atoms with van der Waals surface area (Å²) in [7, 11) is 0. The molecule has 3 unspecified atom stereocenters. The van der Waals surface area contributed by atoms with Crippen LogP contribution in [0, 0.1) is 17.8 Å². The molecule has 0 radical (unpaired) electrons.